The number of thioether (sulfide) groups is 1. The molecule has 1 unspecified atom stereocenters. The summed E-state index contributed by atoms with van der Waals surface area (Å²) in [5.41, 5.74) is 2.65. The van der Waals surface area contributed by atoms with Crippen molar-refractivity contribution in [2.45, 2.75) is 20.3 Å². The van der Waals surface area contributed by atoms with Gasteiger partial charge in [-0.15, -0.1) is 0 Å². The van der Waals surface area contributed by atoms with E-state index in [2.05, 4.69) is 16.4 Å². The number of nitrogens with zero attached hydrogens (tertiary/aromatic N) is 2. The van der Waals surface area contributed by atoms with Crippen LogP contribution in [0.25, 0.3) is 0 Å². The molecule has 0 aliphatic carbocycles. The minimum absolute atomic E-state index is 0.682. The smallest absolute Gasteiger partial charge is 0.144 e. The number of pyridine rings is 1. The van der Waals surface area contributed by atoms with Crippen LogP contribution in [0.4, 0.5) is 5.82 Å². The van der Waals surface area contributed by atoms with E-state index in [-0.39, 0.29) is 0 Å². The first-order valence-electron chi connectivity index (χ1n) is 5.90. The van der Waals surface area contributed by atoms with E-state index in [4.69, 9.17) is 5.26 Å². The van der Waals surface area contributed by atoms with Gasteiger partial charge in [-0.05, 0) is 49.3 Å². The van der Waals surface area contributed by atoms with Crippen molar-refractivity contribution < 1.29 is 0 Å². The van der Waals surface area contributed by atoms with Crippen molar-refractivity contribution in [3.05, 3.63) is 22.9 Å². The van der Waals surface area contributed by atoms with E-state index < -0.39 is 0 Å². The van der Waals surface area contributed by atoms with Crippen LogP contribution in [0, 0.1) is 31.1 Å². The Kier molecular flexibility index (Phi) is 3.90. The molecule has 1 fully saturated rings. The van der Waals surface area contributed by atoms with Crippen LogP contribution in [-0.2, 0) is 0 Å². The first-order valence-corrected chi connectivity index (χ1v) is 7.06. The maximum absolute atomic E-state index is 9.15. The van der Waals surface area contributed by atoms with Gasteiger partial charge in [-0.1, -0.05) is 0 Å². The molecule has 0 saturated carbocycles. The Morgan fingerprint density at radius 1 is 1.59 bits per heavy atom. The summed E-state index contributed by atoms with van der Waals surface area (Å²) in [6, 6.07) is 4.19. The molecule has 90 valence electrons. The first-order chi connectivity index (χ1) is 8.20. The zero-order valence-electron chi connectivity index (χ0n) is 10.3. The summed E-state index contributed by atoms with van der Waals surface area (Å²) in [5.74, 6) is 3.95. The lowest BCUT2D eigenvalue weighted by molar-refractivity contribution is 0.630. The summed E-state index contributed by atoms with van der Waals surface area (Å²) in [7, 11) is 0. The molecule has 2 heterocycles. The van der Waals surface area contributed by atoms with Crippen molar-refractivity contribution in [3.8, 4) is 6.07 Å². The highest BCUT2D eigenvalue weighted by Crippen LogP contribution is 2.24. The van der Waals surface area contributed by atoms with Crippen LogP contribution in [0.15, 0.2) is 6.07 Å². The van der Waals surface area contributed by atoms with Gasteiger partial charge in [0.25, 0.3) is 0 Å². The number of nitrogens with one attached hydrogen (secondary N) is 1. The Hall–Kier alpha value is -1.21. The molecule has 1 aliphatic rings. The van der Waals surface area contributed by atoms with Crippen LogP contribution in [0.1, 0.15) is 23.2 Å². The standard InChI is InChI=1S/C13H17N3S/c1-9-5-10(2)16-13(12(9)6-14)15-7-11-3-4-17-8-11/h5,11H,3-4,7-8H2,1-2H3,(H,15,16). The summed E-state index contributed by atoms with van der Waals surface area (Å²) in [5, 5.41) is 12.5. The van der Waals surface area contributed by atoms with Crippen LogP contribution in [0.5, 0.6) is 0 Å². The van der Waals surface area contributed by atoms with E-state index in [9.17, 15) is 0 Å². The van der Waals surface area contributed by atoms with Gasteiger partial charge in [0.2, 0.25) is 0 Å². The van der Waals surface area contributed by atoms with Crippen molar-refractivity contribution in [3.63, 3.8) is 0 Å². The monoisotopic (exact) mass is 247 g/mol. The van der Waals surface area contributed by atoms with Crippen molar-refractivity contribution in [1.82, 2.24) is 4.98 Å². The molecule has 0 spiro atoms. The van der Waals surface area contributed by atoms with E-state index in [1.165, 1.54) is 17.9 Å². The lowest BCUT2D eigenvalue weighted by Crippen LogP contribution is -2.15. The molecule has 0 aromatic carbocycles. The molecule has 1 aromatic rings. The van der Waals surface area contributed by atoms with Crippen molar-refractivity contribution in [2.24, 2.45) is 5.92 Å². The average molecular weight is 247 g/mol. The lowest BCUT2D eigenvalue weighted by atomic mass is 10.1. The maximum atomic E-state index is 9.15. The van der Waals surface area contributed by atoms with Gasteiger partial charge in [0.15, 0.2) is 0 Å². The van der Waals surface area contributed by atoms with E-state index in [0.717, 1.165) is 23.6 Å². The third kappa shape index (κ3) is 2.92. The van der Waals surface area contributed by atoms with Crippen LogP contribution in [0.3, 0.4) is 0 Å². The highest BCUT2D eigenvalue weighted by Gasteiger charge is 2.16. The van der Waals surface area contributed by atoms with Gasteiger partial charge >= 0.3 is 0 Å². The largest absolute Gasteiger partial charge is 0.369 e. The minimum atomic E-state index is 0.682. The van der Waals surface area contributed by atoms with Gasteiger partial charge in [0.1, 0.15) is 11.9 Å². The number of nitriles is 1. The molecule has 1 saturated heterocycles. The molecule has 1 N–H and O–H groups in total. The summed E-state index contributed by atoms with van der Waals surface area (Å²) in [6.07, 6.45) is 1.27. The van der Waals surface area contributed by atoms with E-state index in [0.29, 0.717) is 11.5 Å². The van der Waals surface area contributed by atoms with Crippen molar-refractivity contribution in [1.29, 1.82) is 5.26 Å². The summed E-state index contributed by atoms with van der Waals surface area (Å²) >= 11 is 2.01. The fourth-order valence-electron chi connectivity index (χ4n) is 2.09. The molecule has 3 nitrogen and oxygen atoms in total. The Labute approximate surface area is 107 Å². The van der Waals surface area contributed by atoms with Gasteiger partial charge < -0.3 is 5.32 Å². The summed E-state index contributed by atoms with van der Waals surface area (Å²) in [6.45, 7) is 4.85. The first kappa shape index (κ1) is 12.3. The third-order valence-electron chi connectivity index (χ3n) is 3.04. The molecule has 17 heavy (non-hydrogen) atoms. The zero-order valence-corrected chi connectivity index (χ0v) is 11.1. The van der Waals surface area contributed by atoms with Gasteiger partial charge in [-0.2, -0.15) is 17.0 Å². The molecular formula is C13H17N3S. The highest BCUT2D eigenvalue weighted by molar-refractivity contribution is 7.99. The Morgan fingerprint density at radius 3 is 3.06 bits per heavy atom. The summed E-state index contributed by atoms with van der Waals surface area (Å²) < 4.78 is 0. The second-order valence-electron chi connectivity index (χ2n) is 4.53. The number of hydrogen-bond donors (Lipinski definition) is 1. The number of aryl methyl sites for hydroxylation is 2. The SMILES string of the molecule is Cc1cc(C)c(C#N)c(NCC2CCSC2)n1. The van der Waals surface area contributed by atoms with E-state index in [1.54, 1.807) is 0 Å². The molecule has 1 atom stereocenters. The van der Waals surface area contributed by atoms with Gasteiger partial charge in [-0.25, -0.2) is 4.98 Å². The Morgan fingerprint density at radius 2 is 2.41 bits per heavy atom. The topological polar surface area (TPSA) is 48.7 Å². The Balaban J connectivity index is 2.11. The number of hydrogen-bond acceptors (Lipinski definition) is 4. The van der Waals surface area contributed by atoms with Gasteiger partial charge in [0.05, 0.1) is 5.56 Å². The number of aromatic nitrogens is 1. The molecule has 1 aliphatic heterocycles. The second kappa shape index (κ2) is 5.42. The molecule has 1 aromatic heterocycles. The Bertz CT molecular complexity index is 445. The van der Waals surface area contributed by atoms with Crippen LogP contribution in [-0.4, -0.2) is 23.0 Å². The molecule has 2 rings (SSSR count). The molecule has 0 bridgehead atoms. The van der Waals surface area contributed by atoms with Gasteiger partial charge in [0, 0.05) is 12.2 Å². The summed E-state index contributed by atoms with van der Waals surface area (Å²) in [4.78, 5) is 4.43. The van der Waals surface area contributed by atoms with Crippen LogP contribution in [0.2, 0.25) is 0 Å². The second-order valence-corrected chi connectivity index (χ2v) is 5.68. The average Bonchev–Trinajstić information content (AvgIpc) is 2.78. The zero-order chi connectivity index (χ0) is 12.3. The highest BCUT2D eigenvalue weighted by atomic mass is 32.2. The molecule has 0 radical (unpaired) electrons. The molecule has 4 heteroatoms. The van der Waals surface area contributed by atoms with Gasteiger partial charge in [-0.3, -0.25) is 0 Å². The predicted molar refractivity (Wildman–Crippen MR) is 72.3 cm³/mol. The number of rotatable bonds is 3. The lowest BCUT2D eigenvalue weighted by Gasteiger charge is -2.13. The quantitative estimate of drug-likeness (QED) is 0.892. The maximum Gasteiger partial charge on any atom is 0.144 e. The predicted octanol–water partition coefficient (Wildman–Crippen LogP) is 2.74. The fourth-order valence-corrected chi connectivity index (χ4v) is 3.38. The number of anilines is 1. The fraction of sp³-hybridized carbons (Fsp3) is 0.538. The minimum Gasteiger partial charge on any atom is -0.369 e. The van der Waals surface area contributed by atoms with Crippen molar-refractivity contribution >= 4 is 17.6 Å². The van der Waals surface area contributed by atoms with Crippen molar-refractivity contribution in [2.75, 3.05) is 23.4 Å². The molecule has 0 amide bonds. The molecular weight excluding hydrogens is 230 g/mol. The van der Waals surface area contributed by atoms with Crippen LogP contribution >= 0.6 is 11.8 Å². The van der Waals surface area contributed by atoms with Crippen LogP contribution < -0.4 is 5.32 Å². The van der Waals surface area contributed by atoms with E-state index >= 15 is 0 Å². The normalized spacial score (nSPS) is 19.0. The van der Waals surface area contributed by atoms with E-state index in [1.807, 2.05) is 31.7 Å². The third-order valence-corrected chi connectivity index (χ3v) is 4.27.